The van der Waals surface area contributed by atoms with Crippen LogP contribution in [0, 0.1) is 17.3 Å². The zero-order chi connectivity index (χ0) is 11.4. The van der Waals surface area contributed by atoms with Crippen molar-refractivity contribution in [1.82, 2.24) is 0 Å². The van der Waals surface area contributed by atoms with Gasteiger partial charge in [-0.15, -0.1) is 0 Å². The van der Waals surface area contributed by atoms with Gasteiger partial charge in [-0.3, -0.25) is 0 Å². The molecule has 86 valence electrons. The third-order valence-electron chi connectivity index (χ3n) is 3.25. The Balaban J connectivity index is 3.77. The number of rotatable bonds is 5. The minimum Gasteiger partial charge on any atom is -0.328 e. The van der Waals surface area contributed by atoms with E-state index in [0.29, 0.717) is 17.4 Å². The van der Waals surface area contributed by atoms with E-state index < -0.39 is 0 Å². The van der Waals surface area contributed by atoms with E-state index in [1.807, 2.05) is 0 Å². The first-order chi connectivity index (χ1) is 6.23. The molecule has 0 fully saturated rings. The highest BCUT2D eigenvalue weighted by molar-refractivity contribution is 4.75. The largest absolute Gasteiger partial charge is 0.328 e. The molecule has 0 rings (SSSR count). The van der Waals surface area contributed by atoms with Crippen molar-refractivity contribution < 1.29 is 0 Å². The molecule has 2 unspecified atom stereocenters. The van der Waals surface area contributed by atoms with E-state index in [9.17, 15) is 0 Å². The average molecular weight is 199 g/mol. The molecule has 1 nitrogen and oxygen atoms in total. The summed E-state index contributed by atoms with van der Waals surface area (Å²) in [6, 6.07) is 0.395. The van der Waals surface area contributed by atoms with E-state index in [1.54, 1.807) is 0 Å². The van der Waals surface area contributed by atoms with E-state index in [4.69, 9.17) is 5.73 Å². The first kappa shape index (κ1) is 14.0. The molecule has 0 radical (unpaired) electrons. The van der Waals surface area contributed by atoms with E-state index in [2.05, 4.69) is 41.5 Å². The number of hydrogen-bond acceptors (Lipinski definition) is 1. The highest BCUT2D eigenvalue weighted by atomic mass is 14.6. The Bertz CT molecular complexity index is 144. The summed E-state index contributed by atoms with van der Waals surface area (Å²) in [5.74, 6) is 1.50. The van der Waals surface area contributed by atoms with Crippen LogP contribution in [0.1, 0.15) is 60.8 Å². The lowest BCUT2D eigenvalue weighted by Crippen LogP contribution is -2.28. The summed E-state index contributed by atoms with van der Waals surface area (Å²) in [6.45, 7) is 13.7. The summed E-state index contributed by atoms with van der Waals surface area (Å²) in [5.41, 5.74) is 6.52. The lowest BCUT2D eigenvalue weighted by atomic mass is 9.78. The average Bonchev–Trinajstić information content (AvgIpc) is 1.99. The summed E-state index contributed by atoms with van der Waals surface area (Å²) < 4.78 is 0. The molecule has 2 N–H and O–H groups in total. The molecule has 0 aliphatic heterocycles. The maximum atomic E-state index is 6.12. The Labute approximate surface area is 90.5 Å². The lowest BCUT2D eigenvalue weighted by Gasteiger charge is -2.29. The molecular formula is C13H29N. The molecule has 1 heteroatoms. The van der Waals surface area contributed by atoms with E-state index in [-0.39, 0.29) is 0 Å². The molecule has 0 aromatic heterocycles. The second-order valence-electron chi connectivity index (χ2n) is 6.23. The third kappa shape index (κ3) is 6.42. The highest BCUT2D eigenvalue weighted by Gasteiger charge is 2.21. The molecule has 0 bridgehead atoms. The minimum absolute atomic E-state index is 0.395. The predicted molar refractivity (Wildman–Crippen MR) is 65.3 cm³/mol. The molecule has 0 aromatic rings. The molecule has 0 heterocycles. The monoisotopic (exact) mass is 199 g/mol. The van der Waals surface area contributed by atoms with Crippen molar-refractivity contribution in [3.63, 3.8) is 0 Å². The Morgan fingerprint density at radius 3 is 1.86 bits per heavy atom. The van der Waals surface area contributed by atoms with Crippen molar-refractivity contribution >= 4 is 0 Å². The van der Waals surface area contributed by atoms with Crippen LogP contribution in [0.2, 0.25) is 0 Å². The molecular weight excluding hydrogens is 170 g/mol. The van der Waals surface area contributed by atoms with Crippen LogP contribution in [-0.4, -0.2) is 6.04 Å². The van der Waals surface area contributed by atoms with Crippen molar-refractivity contribution in [2.24, 2.45) is 23.0 Å². The lowest BCUT2D eigenvalue weighted by molar-refractivity contribution is 0.228. The maximum absolute atomic E-state index is 6.12. The van der Waals surface area contributed by atoms with Gasteiger partial charge in [-0.2, -0.15) is 0 Å². The zero-order valence-corrected chi connectivity index (χ0v) is 10.9. The van der Waals surface area contributed by atoms with Crippen LogP contribution >= 0.6 is 0 Å². The molecule has 0 aliphatic carbocycles. The van der Waals surface area contributed by atoms with E-state index in [0.717, 1.165) is 12.3 Å². The van der Waals surface area contributed by atoms with Gasteiger partial charge in [0.15, 0.2) is 0 Å². The molecule has 0 aliphatic rings. The summed E-state index contributed by atoms with van der Waals surface area (Å²) in [6.07, 6.45) is 3.60. The smallest absolute Gasteiger partial charge is 0.00416 e. The van der Waals surface area contributed by atoms with Gasteiger partial charge in [0, 0.05) is 6.04 Å². The standard InChI is InChI=1S/C13H29N/c1-10(2)7-8-12(14)9-11(3)13(4,5)6/h10-12H,7-9,14H2,1-6H3. The number of hydrogen-bond donors (Lipinski definition) is 1. The van der Waals surface area contributed by atoms with Crippen molar-refractivity contribution in [2.75, 3.05) is 0 Å². The first-order valence-electron chi connectivity index (χ1n) is 5.99. The molecule has 14 heavy (non-hydrogen) atoms. The summed E-state index contributed by atoms with van der Waals surface area (Å²) in [5, 5.41) is 0. The summed E-state index contributed by atoms with van der Waals surface area (Å²) in [4.78, 5) is 0. The van der Waals surface area contributed by atoms with Gasteiger partial charge >= 0.3 is 0 Å². The third-order valence-corrected chi connectivity index (χ3v) is 3.25. The second-order valence-corrected chi connectivity index (χ2v) is 6.23. The van der Waals surface area contributed by atoms with Gasteiger partial charge in [-0.25, -0.2) is 0 Å². The fourth-order valence-corrected chi connectivity index (χ4v) is 1.47. The molecule has 0 amide bonds. The fraction of sp³-hybridized carbons (Fsp3) is 1.00. The van der Waals surface area contributed by atoms with Gasteiger partial charge in [0.05, 0.1) is 0 Å². The Hall–Kier alpha value is -0.0400. The predicted octanol–water partition coefficient (Wildman–Crippen LogP) is 3.82. The summed E-state index contributed by atoms with van der Waals surface area (Å²) in [7, 11) is 0. The van der Waals surface area contributed by atoms with Gasteiger partial charge < -0.3 is 5.73 Å². The quantitative estimate of drug-likeness (QED) is 0.715. The van der Waals surface area contributed by atoms with Gasteiger partial charge in [-0.1, -0.05) is 41.5 Å². The summed E-state index contributed by atoms with van der Waals surface area (Å²) >= 11 is 0. The Kier molecular flexibility index (Phi) is 5.73. The van der Waals surface area contributed by atoms with Crippen LogP contribution in [0.5, 0.6) is 0 Å². The van der Waals surface area contributed by atoms with Gasteiger partial charge in [0.2, 0.25) is 0 Å². The van der Waals surface area contributed by atoms with Crippen molar-refractivity contribution in [3.8, 4) is 0 Å². The van der Waals surface area contributed by atoms with Crippen LogP contribution < -0.4 is 5.73 Å². The number of nitrogens with two attached hydrogens (primary N) is 1. The van der Waals surface area contributed by atoms with Crippen molar-refractivity contribution in [2.45, 2.75) is 66.8 Å². The zero-order valence-electron chi connectivity index (χ0n) is 10.9. The van der Waals surface area contributed by atoms with E-state index >= 15 is 0 Å². The maximum Gasteiger partial charge on any atom is 0.00416 e. The van der Waals surface area contributed by atoms with Gasteiger partial charge in [0.1, 0.15) is 0 Å². The molecule has 2 atom stereocenters. The van der Waals surface area contributed by atoms with Gasteiger partial charge in [-0.05, 0) is 36.5 Å². The second kappa shape index (κ2) is 5.75. The minimum atomic E-state index is 0.395. The Morgan fingerprint density at radius 1 is 1.00 bits per heavy atom. The normalized spacial score (nSPS) is 17.1. The van der Waals surface area contributed by atoms with Crippen LogP contribution in [0.3, 0.4) is 0 Å². The highest BCUT2D eigenvalue weighted by Crippen LogP contribution is 2.29. The molecule has 0 aromatic carbocycles. The van der Waals surface area contributed by atoms with E-state index in [1.165, 1.54) is 12.8 Å². The topological polar surface area (TPSA) is 26.0 Å². The van der Waals surface area contributed by atoms with Crippen LogP contribution in [0.25, 0.3) is 0 Å². The molecule has 0 saturated heterocycles. The van der Waals surface area contributed by atoms with Crippen LogP contribution in [0.15, 0.2) is 0 Å². The fourth-order valence-electron chi connectivity index (χ4n) is 1.47. The van der Waals surface area contributed by atoms with Crippen LogP contribution in [-0.2, 0) is 0 Å². The molecule has 0 saturated carbocycles. The van der Waals surface area contributed by atoms with Crippen molar-refractivity contribution in [1.29, 1.82) is 0 Å². The van der Waals surface area contributed by atoms with Gasteiger partial charge in [0.25, 0.3) is 0 Å². The first-order valence-corrected chi connectivity index (χ1v) is 5.99. The van der Waals surface area contributed by atoms with Crippen LogP contribution in [0.4, 0.5) is 0 Å². The molecule has 0 spiro atoms. The van der Waals surface area contributed by atoms with Crippen molar-refractivity contribution in [3.05, 3.63) is 0 Å². The SMILES string of the molecule is CC(C)CCC(N)CC(C)C(C)(C)C. The Morgan fingerprint density at radius 2 is 1.50 bits per heavy atom.